The molecule has 0 radical (unpaired) electrons. The minimum Gasteiger partial charge on any atom is -0.394 e. The smallest absolute Gasteiger partial charge is 0.243 e. The van der Waals surface area contributed by atoms with Gasteiger partial charge in [0.2, 0.25) is 5.91 Å². The molecule has 0 saturated heterocycles. The van der Waals surface area contributed by atoms with Crippen LogP contribution in [0.2, 0.25) is 0 Å². The molecular weight excluding hydrogens is 268 g/mol. The fourth-order valence-corrected chi connectivity index (χ4v) is 2.32. The highest BCUT2D eigenvalue weighted by atomic mass is 16.3. The summed E-state index contributed by atoms with van der Waals surface area (Å²) in [6.45, 7) is 0.164. The van der Waals surface area contributed by atoms with Gasteiger partial charge in [0.1, 0.15) is 0 Å². The average molecular weight is 284 g/mol. The highest BCUT2D eigenvalue weighted by molar-refractivity contribution is 6.04. The molecule has 1 aliphatic heterocycles. The van der Waals surface area contributed by atoms with Crippen molar-refractivity contribution in [2.75, 3.05) is 13.2 Å². The third-order valence-electron chi connectivity index (χ3n) is 3.42. The van der Waals surface area contributed by atoms with Crippen LogP contribution in [0.3, 0.4) is 0 Å². The van der Waals surface area contributed by atoms with Crippen LogP contribution >= 0.6 is 0 Å². The molecule has 6 nitrogen and oxygen atoms in total. The predicted octanol–water partition coefficient (Wildman–Crippen LogP) is 1.19. The van der Waals surface area contributed by atoms with E-state index in [-0.39, 0.29) is 19.1 Å². The van der Waals surface area contributed by atoms with Crippen molar-refractivity contribution in [2.24, 2.45) is 5.10 Å². The van der Waals surface area contributed by atoms with Crippen LogP contribution < -0.4 is 0 Å². The third kappa shape index (κ3) is 2.85. The first-order chi connectivity index (χ1) is 10.3. The number of hydrogen-bond acceptors (Lipinski definition) is 4. The monoisotopic (exact) mass is 284 g/mol. The lowest BCUT2D eigenvalue weighted by Crippen LogP contribution is -2.34. The standard InChI is InChI=1S/C15H16N4O2/c20-10-9-19-15(21)6-5-14(17-19)12-1-3-13(4-2-12)18-8-7-16-11-18/h1-4,7-8,11,20H,5-6,9-10H2. The van der Waals surface area contributed by atoms with Gasteiger partial charge in [0.15, 0.2) is 0 Å². The van der Waals surface area contributed by atoms with Gasteiger partial charge < -0.3 is 9.67 Å². The van der Waals surface area contributed by atoms with Gasteiger partial charge in [-0.05, 0) is 17.7 Å². The topological polar surface area (TPSA) is 70.7 Å². The van der Waals surface area contributed by atoms with Gasteiger partial charge in [-0.25, -0.2) is 9.99 Å². The van der Waals surface area contributed by atoms with Crippen molar-refractivity contribution >= 4 is 11.6 Å². The Hall–Kier alpha value is -2.47. The van der Waals surface area contributed by atoms with Crippen molar-refractivity contribution in [1.29, 1.82) is 0 Å². The summed E-state index contributed by atoms with van der Waals surface area (Å²) in [5.41, 5.74) is 2.89. The number of carbonyl (C=O) groups is 1. The van der Waals surface area contributed by atoms with Gasteiger partial charge >= 0.3 is 0 Å². The maximum Gasteiger partial charge on any atom is 0.243 e. The zero-order chi connectivity index (χ0) is 14.7. The molecule has 0 fully saturated rings. The molecule has 0 bridgehead atoms. The van der Waals surface area contributed by atoms with E-state index in [4.69, 9.17) is 5.11 Å². The zero-order valence-electron chi connectivity index (χ0n) is 11.5. The van der Waals surface area contributed by atoms with Crippen LogP contribution in [0, 0.1) is 0 Å². The van der Waals surface area contributed by atoms with Crippen LogP contribution in [0.5, 0.6) is 0 Å². The summed E-state index contributed by atoms with van der Waals surface area (Å²) >= 11 is 0. The Bertz CT molecular complexity index is 647. The van der Waals surface area contributed by atoms with Gasteiger partial charge in [0, 0.05) is 30.9 Å². The normalized spacial score (nSPS) is 15.2. The molecular formula is C15H16N4O2. The first-order valence-corrected chi connectivity index (χ1v) is 6.85. The summed E-state index contributed by atoms with van der Waals surface area (Å²) in [6, 6.07) is 7.96. The fraction of sp³-hybridized carbons (Fsp3) is 0.267. The highest BCUT2D eigenvalue weighted by Crippen LogP contribution is 2.17. The number of nitrogens with zero attached hydrogens (tertiary/aromatic N) is 4. The lowest BCUT2D eigenvalue weighted by atomic mass is 10.0. The van der Waals surface area contributed by atoms with Crippen LogP contribution in [-0.2, 0) is 4.79 Å². The SMILES string of the molecule is O=C1CCC(c2ccc(-n3ccnc3)cc2)=NN1CCO. The number of hydrogen-bond donors (Lipinski definition) is 1. The first kappa shape index (κ1) is 13.5. The largest absolute Gasteiger partial charge is 0.394 e. The van der Waals surface area contributed by atoms with E-state index in [0.29, 0.717) is 12.8 Å². The van der Waals surface area contributed by atoms with Crippen LogP contribution in [0.15, 0.2) is 48.1 Å². The van der Waals surface area contributed by atoms with E-state index in [2.05, 4.69) is 10.1 Å². The second-order valence-electron chi connectivity index (χ2n) is 4.80. The van der Waals surface area contributed by atoms with Crippen LogP contribution in [0.1, 0.15) is 18.4 Å². The third-order valence-corrected chi connectivity index (χ3v) is 3.42. The lowest BCUT2D eigenvalue weighted by Gasteiger charge is -2.23. The summed E-state index contributed by atoms with van der Waals surface area (Å²) in [4.78, 5) is 15.7. The molecule has 2 heterocycles. The molecule has 0 saturated carbocycles. The van der Waals surface area contributed by atoms with E-state index >= 15 is 0 Å². The number of aromatic nitrogens is 2. The van der Waals surface area contributed by atoms with Gasteiger partial charge in [0.25, 0.3) is 0 Å². The first-order valence-electron chi connectivity index (χ1n) is 6.85. The van der Waals surface area contributed by atoms with E-state index in [0.717, 1.165) is 17.0 Å². The Balaban J connectivity index is 1.83. The number of imidazole rings is 1. The number of aliphatic hydroxyl groups is 1. The number of amides is 1. The minimum absolute atomic E-state index is 0.0390. The van der Waals surface area contributed by atoms with Crippen molar-refractivity contribution in [3.05, 3.63) is 48.5 Å². The van der Waals surface area contributed by atoms with Crippen LogP contribution in [-0.4, -0.2) is 44.4 Å². The molecule has 1 amide bonds. The van der Waals surface area contributed by atoms with Gasteiger partial charge in [-0.1, -0.05) is 12.1 Å². The van der Waals surface area contributed by atoms with Gasteiger partial charge in [-0.3, -0.25) is 4.79 Å². The van der Waals surface area contributed by atoms with Crippen molar-refractivity contribution in [1.82, 2.24) is 14.6 Å². The van der Waals surface area contributed by atoms with E-state index < -0.39 is 0 Å². The molecule has 0 aliphatic carbocycles. The second kappa shape index (κ2) is 5.88. The second-order valence-corrected chi connectivity index (χ2v) is 4.80. The van der Waals surface area contributed by atoms with Crippen molar-refractivity contribution < 1.29 is 9.90 Å². The quantitative estimate of drug-likeness (QED) is 0.916. The summed E-state index contributed by atoms with van der Waals surface area (Å²) in [7, 11) is 0. The maximum absolute atomic E-state index is 11.7. The Kier molecular flexibility index (Phi) is 3.79. The molecule has 0 unspecified atom stereocenters. The number of rotatable bonds is 4. The molecule has 1 N–H and O–H groups in total. The van der Waals surface area contributed by atoms with Crippen LogP contribution in [0.4, 0.5) is 0 Å². The molecule has 21 heavy (non-hydrogen) atoms. The fourth-order valence-electron chi connectivity index (χ4n) is 2.32. The van der Waals surface area contributed by atoms with Gasteiger partial charge in [-0.2, -0.15) is 5.10 Å². The zero-order valence-corrected chi connectivity index (χ0v) is 11.5. The van der Waals surface area contributed by atoms with E-state index in [1.807, 2.05) is 35.0 Å². The molecule has 1 aromatic carbocycles. The molecule has 6 heteroatoms. The Morgan fingerprint density at radius 1 is 1.19 bits per heavy atom. The molecule has 2 aromatic rings. The van der Waals surface area contributed by atoms with E-state index in [9.17, 15) is 4.79 Å². The van der Waals surface area contributed by atoms with Crippen LogP contribution in [0.25, 0.3) is 5.69 Å². The number of carbonyl (C=O) groups excluding carboxylic acids is 1. The van der Waals surface area contributed by atoms with Crippen molar-refractivity contribution in [2.45, 2.75) is 12.8 Å². The summed E-state index contributed by atoms with van der Waals surface area (Å²) in [5.74, 6) is -0.0390. The van der Waals surface area contributed by atoms with E-state index in [1.54, 1.807) is 12.5 Å². The molecule has 1 aromatic heterocycles. The number of hydrazone groups is 1. The molecule has 0 atom stereocenters. The minimum atomic E-state index is -0.0813. The van der Waals surface area contributed by atoms with Crippen molar-refractivity contribution in [3.63, 3.8) is 0 Å². The predicted molar refractivity (Wildman–Crippen MR) is 78.1 cm³/mol. The van der Waals surface area contributed by atoms with Gasteiger partial charge in [0.05, 0.1) is 25.2 Å². The Morgan fingerprint density at radius 2 is 2.00 bits per heavy atom. The summed E-state index contributed by atoms with van der Waals surface area (Å²) in [6.07, 6.45) is 6.42. The Morgan fingerprint density at radius 3 is 2.67 bits per heavy atom. The summed E-state index contributed by atoms with van der Waals surface area (Å²) < 4.78 is 1.92. The summed E-state index contributed by atoms with van der Waals surface area (Å²) in [5, 5.41) is 14.6. The maximum atomic E-state index is 11.7. The highest BCUT2D eigenvalue weighted by Gasteiger charge is 2.20. The number of aliphatic hydroxyl groups excluding tert-OH is 1. The molecule has 0 spiro atoms. The van der Waals surface area contributed by atoms with E-state index in [1.165, 1.54) is 5.01 Å². The molecule has 1 aliphatic rings. The number of benzene rings is 1. The molecule has 3 rings (SSSR count). The van der Waals surface area contributed by atoms with Crippen molar-refractivity contribution in [3.8, 4) is 5.69 Å². The molecule has 108 valence electrons. The Labute approximate surface area is 122 Å². The van der Waals surface area contributed by atoms with Gasteiger partial charge in [-0.15, -0.1) is 0 Å². The average Bonchev–Trinajstić information content (AvgIpc) is 3.04. The lowest BCUT2D eigenvalue weighted by molar-refractivity contribution is -0.132. The number of β-amino-alcohol motifs (C(OH)–C–C–N with tert-alkyl or cyclic N) is 1.